The highest BCUT2D eigenvalue weighted by atomic mass is 16.5. The van der Waals surface area contributed by atoms with Gasteiger partial charge in [-0.3, -0.25) is 15.8 Å². The minimum absolute atomic E-state index is 0.0233. The Kier molecular flexibility index (Phi) is 8.99. The molecule has 1 saturated heterocycles. The number of amides is 1. The van der Waals surface area contributed by atoms with Crippen LogP contribution < -0.4 is 11.1 Å². The number of carbonyl (C=O) groups excluding carboxylic acids is 1. The molecule has 9 atom stereocenters. The van der Waals surface area contributed by atoms with E-state index in [1.54, 1.807) is 0 Å². The van der Waals surface area contributed by atoms with Crippen LogP contribution in [0.1, 0.15) is 72.6 Å². The number of nitrogens with two attached hydrogens (primary N) is 1. The summed E-state index contributed by atoms with van der Waals surface area (Å²) >= 11 is 0. The van der Waals surface area contributed by atoms with Crippen LogP contribution in [0.25, 0.3) is 0 Å². The summed E-state index contributed by atoms with van der Waals surface area (Å²) in [5, 5.41) is 12.7. The van der Waals surface area contributed by atoms with Crippen LogP contribution in [0.2, 0.25) is 0 Å². The second-order valence-electron chi connectivity index (χ2n) is 11.9. The highest BCUT2D eigenvalue weighted by Crippen LogP contribution is 2.50. The molecule has 4 rings (SSSR count). The number of aliphatic hydroxyl groups is 1. The zero-order valence-electron chi connectivity index (χ0n) is 22.8. The third-order valence-corrected chi connectivity index (χ3v) is 9.23. The molecule has 0 aromatic carbocycles. The number of carbonyl (C=O) groups is 1. The predicted octanol–water partition coefficient (Wildman–Crippen LogP) is 3.58. The highest BCUT2D eigenvalue weighted by Gasteiger charge is 2.59. The molecule has 7 heteroatoms. The van der Waals surface area contributed by atoms with E-state index in [1.807, 2.05) is 6.92 Å². The lowest BCUT2D eigenvalue weighted by Gasteiger charge is -2.48. The molecule has 4 N–H and O–H groups in total. The fraction of sp³-hybridized carbons (Fsp3) is 0.828. The van der Waals surface area contributed by atoms with Gasteiger partial charge in [-0.2, -0.15) is 0 Å². The van der Waals surface area contributed by atoms with Crippen LogP contribution in [0.5, 0.6) is 0 Å². The molecule has 7 nitrogen and oxygen atoms in total. The largest absolute Gasteiger partial charge is 0.378 e. The Morgan fingerprint density at radius 3 is 2.33 bits per heavy atom. The molecule has 1 amide bonds. The Labute approximate surface area is 217 Å². The Bertz CT molecular complexity index is 810. The average Bonchev–Trinajstić information content (AvgIpc) is 3.48. The molecule has 0 bridgehead atoms. The van der Waals surface area contributed by atoms with E-state index in [0.29, 0.717) is 31.0 Å². The maximum atomic E-state index is 14.1. The van der Waals surface area contributed by atoms with Gasteiger partial charge in [-0.1, -0.05) is 31.2 Å². The average molecular weight is 504 g/mol. The van der Waals surface area contributed by atoms with Crippen molar-refractivity contribution in [2.45, 2.75) is 103 Å². The molecule has 4 aliphatic rings. The molecule has 1 aliphatic heterocycles. The molecule has 204 valence electrons. The van der Waals surface area contributed by atoms with Crippen molar-refractivity contribution in [2.75, 3.05) is 19.8 Å². The monoisotopic (exact) mass is 503 g/mol. The Balaban J connectivity index is 1.49. The van der Waals surface area contributed by atoms with Crippen LogP contribution in [0, 0.1) is 29.6 Å². The minimum Gasteiger partial charge on any atom is -0.378 e. The smallest absolute Gasteiger partial charge is 0.229 e. The van der Waals surface area contributed by atoms with Crippen molar-refractivity contribution < 1.29 is 19.4 Å². The van der Waals surface area contributed by atoms with Crippen molar-refractivity contribution in [3.63, 3.8) is 0 Å². The predicted molar refractivity (Wildman–Crippen MR) is 142 cm³/mol. The molecule has 36 heavy (non-hydrogen) atoms. The van der Waals surface area contributed by atoms with Crippen molar-refractivity contribution in [1.29, 1.82) is 0 Å². The van der Waals surface area contributed by atoms with Gasteiger partial charge in [0, 0.05) is 31.2 Å². The van der Waals surface area contributed by atoms with Gasteiger partial charge in [0.25, 0.3) is 0 Å². The van der Waals surface area contributed by atoms with E-state index in [1.165, 1.54) is 0 Å². The number of hydrogen-bond acceptors (Lipinski definition) is 6. The maximum absolute atomic E-state index is 14.1. The number of nitrogens with zero attached hydrogens (tertiary/aromatic N) is 1. The van der Waals surface area contributed by atoms with Gasteiger partial charge in [0.2, 0.25) is 5.91 Å². The lowest BCUT2D eigenvalue weighted by molar-refractivity contribution is -0.161. The second-order valence-corrected chi connectivity index (χ2v) is 11.9. The number of fused-ring (bicyclic) bond motifs is 2. The van der Waals surface area contributed by atoms with Crippen LogP contribution in [-0.2, 0) is 14.3 Å². The molecule has 1 heterocycles. The van der Waals surface area contributed by atoms with Crippen LogP contribution in [0.15, 0.2) is 24.3 Å². The SMILES string of the molecule is C=C(C)C(CCC(C)CC1(NC(N)O)CC1)N1CC2C(OCC)C3CC=CCC3C(OCC)C2C1=O. The Hall–Kier alpha value is -1.25. The van der Waals surface area contributed by atoms with Crippen LogP contribution in [-0.4, -0.2) is 65.8 Å². The van der Waals surface area contributed by atoms with Gasteiger partial charge in [-0.15, -0.1) is 0 Å². The molecule has 2 saturated carbocycles. The molecule has 3 fully saturated rings. The highest BCUT2D eigenvalue weighted by molar-refractivity contribution is 5.83. The number of aliphatic hydroxyl groups excluding tert-OH is 1. The van der Waals surface area contributed by atoms with Gasteiger partial charge in [0.15, 0.2) is 6.35 Å². The molecule has 0 aromatic rings. The summed E-state index contributed by atoms with van der Waals surface area (Å²) in [7, 11) is 0. The number of rotatable bonds is 13. The molecule has 3 aliphatic carbocycles. The third kappa shape index (κ3) is 5.75. The molecule has 0 aromatic heterocycles. The van der Waals surface area contributed by atoms with Crippen molar-refractivity contribution in [1.82, 2.24) is 10.2 Å². The van der Waals surface area contributed by atoms with E-state index >= 15 is 0 Å². The van der Waals surface area contributed by atoms with Gasteiger partial charge >= 0.3 is 0 Å². The molecule has 9 unspecified atom stereocenters. The number of ether oxygens (including phenoxy) is 2. The quantitative estimate of drug-likeness (QED) is 0.263. The third-order valence-electron chi connectivity index (χ3n) is 9.23. The molecule has 0 spiro atoms. The summed E-state index contributed by atoms with van der Waals surface area (Å²) in [4.78, 5) is 16.2. The van der Waals surface area contributed by atoms with Gasteiger partial charge in [0.05, 0.1) is 24.2 Å². The van der Waals surface area contributed by atoms with E-state index in [0.717, 1.165) is 57.1 Å². The first-order chi connectivity index (χ1) is 17.2. The van der Waals surface area contributed by atoms with Gasteiger partial charge in [0.1, 0.15) is 0 Å². The molecular weight excluding hydrogens is 454 g/mol. The Morgan fingerprint density at radius 1 is 1.17 bits per heavy atom. The fourth-order valence-electron chi connectivity index (χ4n) is 7.59. The normalized spacial score (nSPS) is 35.2. The second kappa shape index (κ2) is 11.6. The lowest BCUT2D eigenvalue weighted by Crippen LogP contribution is -2.55. The van der Waals surface area contributed by atoms with Gasteiger partial charge in [-0.25, -0.2) is 0 Å². The summed E-state index contributed by atoms with van der Waals surface area (Å²) < 4.78 is 12.7. The van der Waals surface area contributed by atoms with Crippen molar-refractivity contribution >= 4 is 5.91 Å². The van der Waals surface area contributed by atoms with Crippen molar-refractivity contribution in [3.8, 4) is 0 Å². The summed E-state index contributed by atoms with van der Waals surface area (Å²) in [6.07, 6.45) is 10.6. The van der Waals surface area contributed by atoms with Crippen molar-refractivity contribution in [2.24, 2.45) is 35.3 Å². The standard InChI is InChI=1S/C29H49N3O4/c1-6-35-25-20-10-8-9-11-21(20)26(36-7-2)24-22(25)17-32(27(24)33)23(18(3)4)13-12-19(5)16-29(14-15-29)31-28(30)34/h8-9,19-26,28,31,34H,3,6-7,10-17,30H2,1-2,4-5H3. The Morgan fingerprint density at radius 2 is 1.78 bits per heavy atom. The van der Waals surface area contributed by atoms with Crippen LogP contribution >= 0.6 is 0 Å². The lowest BCUT2D eigenvalue weighted by atomic mass is 9.62. The van der Waals surface area contributed by atoms with Crippen molar-refractivity contribution in [3.05, 3.63) is 24.3 Å². The van der Waals surface area contributed by atoms with Crippen LogP contribution in [0.4, 0.5) is 0 Å². The van der Waals surface area contributed by atoms with E-state index in [-0.39, 0.29) is 41.5 Å². The zero-order chi connectivity index (χ0) is 26.0. The van der Waals surface area contributed by atoms with E-state index in [2.05, 4.69) is 49.7 Å². The summed E-state index contributed by atoms with van der Waals surface area (Å²) in [5.41, 5.74) is 6.61. The maximum Gasteiger partial charge on any atom is 0.229 e. The molecular formula is C29H49N3O4. The fourth-order valence-corrected chi connectivity index (χ4v) is 7.59. The summed E-state index contributed by atoms with van der Waals surface area (Å²) in [6.45, 7) is 14.8. The number of likely N-dealkylation sites (tertiary alicyclic amines) is 1. The van der Waals surface area contributed by atoms with E-state index < -0.39 is 6.35 Å². The first-order valence-electron chi connectivity index (χ1n) is 14.3. The first-order valence-corrected chi connectivity index (χ1v) is 14.3. The zero-order valence-corrected chi connectivity index (χ0v) is 22.8. The number of allylic oxidation sites excluding steroid dienone is 2. The van der Waals surface area contributed by atoms with Crippen LogP contribution in [0.3, 0.4) is 0 Å². The first kappa shape index (κ1) is 27.8. The molecule has 0 radical (unpaired) electrons. The van der Waals surface area contributed by atoms with E-state index in [9.17, 15) is 9.90 Å². The summed E-state index contributed by atoms with van der Waals surface area (Å²) in [6, 6.07) is 0.0264. The van der Waals surface area contributed by atoms with E-state index in [4.69, 9.17) is 15.2 Å². The van der Waals surface area contributed by atoms with Gasteiger partial charge < -0.3 is 19.5 Å². The number of nitrogens with one attached hydrogen (secondary N) is 1. The van der Waals surface area contributed by atoms with Gasteiger partial charge in [-0.05, 0) is 83.5 Å². The topological polar surface area (TPSA) is 97.1 Å². The minimum atomic E-state index is -0.969. The summed E-state index contributed by atoms with van der Waals surface area (Å²) in [5.74, 6) is 1.44. The number of hydrogen-bond donors (Lipinski definition) is 3.